The minimum Gasteiger partial charge on any atom is -0.494 e. The molecule has 1 aromatic heterocycles. The first-order chi connectivity index (χ1) is 11.2. The Bertz CT molecular complexity index is 693. The van der Waals surface area contributed by atoms with Gasteiger partial charge in [-0.05, 0) is 30.5 Å². The first-order valence-electron chi connectivity index (χ1n) is 7.57. The van der Waals surface area contributed by atoms with Crippen LogP contribution < -0.4 is 4.74 Å². The van der Waals surface area contributed by atoms with Crippen LogP contribution in [-0.4, -0.2) is 34.4 Å². The zero-order chi connectivity index (χ0) is 16.2. The molecule has 1 aliphatic rings. The third-order valence-corrected chi connectivity index (χ3v) is 4.07. The van der Waals surface area contributed by atoms with Crippen molar-refractivity contribution in [1.82, 2.24) is 14.9 Å². The monoisotopic (exact) mass is 315 g/mol. The largest absolute Gasteiger partial charge is 0.494 e. The van der Waals surface area contributed by atoms with E-state index < -0.39 is 5.82 Å². The summed E-state index contributed by atoms with van der Waals surface area (Å²) in [6.45, 7) is 0.693. The van der Waals surface area contributed by atoms with Crippen LogP contribution >= 0.6 is 0 Å². The number of carbonyl (C=O) groups excluding carboxylic acids is 1. The van der Waals surface area contributed by atoms with Gasteiger partial charge in [-0.3, -0.25) is 14.8 Å². The van der Waals surface area contributed by atoms with E-state index in [0.717, 1.165) is 18.5 Å². The summed E-state index contributed by atoms with van der Waals surface area (Å²) in [5.74, 6) is -0.299. The zero-order valence-corrected chi connectivity index (χ0v) is 12.9. The number of rotatable bonds is 4. The summed E-state index contributed by atoms with van der Waals surface area (Å²) in [7, 11) is 1.42. The van der Waals surface area contributed by atoms with E-state index in [1.54, 1.807) is 30.7 Å². The van der Waals surface area contributed by atoms with Crippen molar-refractivity contribution >= 4 is 5.91 Å². The van der Waals surface area contributed by atoms with Crippen molar-refractivity contribution in [2.75, 3.05) is 13.7 Å². The number of benzene rings is 1. The van der Waals surface area contributed by atoms with Crippen molar-refractivity contribution in [3.63, 3.8) is 0 Å². The first kappa shape index (κ1) is 15.4. The maximum atomic E-state index is 13.8. The summed E-state index contributed by atoms with van der Waals surface area (Å²) in [5.41, 5.74) is 1.44. The van der Waals surface area contributed by atoms with Crippen molar-refractivity contribution in [2.24, 2.45) is 0 Å². The van der Waals surface area contributed by atoms with Gasteiger partial charge in [-0.1, -0.05) is 6.07 Å². The predicted octanol–water partition coefficient (Wildman–Crippen LogP) is 2.53. The van der Waals surface area contributed by atoms with E-state index in [0.29, 0.717) is 12.1 Å². The molecular weight excluding hydrogens is 297 g/mol. The second-order valence-electron chi connectivity index (χ2n) is 5.52. The lowest BCUT2D eigenvalue weighted by molar-refractivity contribution is -0.131. The molecule has 0 saturated carbocycles. The first-order valence-corrected chi connectivity index (χ1v) is 7.57. The Morgan fingerprint density at radius 1 is 1.43 bits per heavy atom. The van der Waals surface area contributed by atoms with E-state index in [2.05, 4.69) is 9.97 Å². The quantitative estimate of drug-likeness (QED) is 0.870. The fraction of sp³-hybridized carbons (Fsp3) is 0.353. The van der Waals surface area contributed by atoms with Crippen LogP contribution in [0.25, 0.3) is 0 Å². The summed E-state index contributed by atoms with van der Waals surface area (Å²) in [6, 6.07) is 4.57. The standard InChI is InChI=1S/C17H18FN3O2/c1-23-16-5-4-12(9-13(16)18)10-17(22)21-8-2-3-15(21)14-11-19-6-7-20-14/h4-7,9,11,15H,2-3,8,10H2,1H3/t15-/m0/s1. The molecule has 0 N–H and O–H groups in total. The highest BCUT2D eigenvalue weighted by atomic mass is 19.1. The van der Waals surface area contributed by atoms with Crippen LogP contribution in [-0.2, 0) is 11.2 Å². The minimum absolute atomic E-state index is 0.0253. The molecular formula is C17H18FN3O2. The average Bonchev–Trinajstić information content (AvgIpc) is 3.05. The van der Waals surface area contributed by atoms with Gasteiger partial charge in [-0.2, -0.15) is 0 Å². The van der Waals surface area contributed by atoms with Gasteiger partial charge in [-0.15, -0.1) is 0 Å². The Kier molecular flexibility index (Phi) is 4.50. The van der Waals surface area contributed by atoms with Gasteiger partial charge < -0.3 is 9.64 Å². The van der Waals surface area contributed by atoms with Crippen LogP contribution in [0.3, 0.4) is 0 Å². The van der Waals surface area contributed by atoms with Gasteiger partial charge in [0.15, 0.2) is 11.6 Å². The second kappa shape index (κ2) is 6.73. The molecule has 5 nitrogen and oxygen atoms in total. The van der Waals surface area contributed by atoms with Crippen LogP contribution in [0.1, 0.15) is 30.1 Å². The highest BCUT2D eigenvalue weighted by Crippen LogP contribution is 2.31. The lowest BCUT2D eigenvalue weighted by Crippen LogP contribution is -2.32. The molecule has 0 radical (unpaired) electrons. The smallest absolute Gasteiger partial charge is 0.227 e. The number of carbonyl (C=O) groups is 1. The molecule has 0 aliphatic carbocycles. The predicted molar refractivity (Wildman–Crippen MR) is 82.4 cm³/mol. The van der Waals surface area contributed by atoms with Crippen molar-refractivity contribution in [3.05, 3.63) is 53.9 Å². The summed E-state index contributed by atoms with van der Waals surface area (Å²) in [5, 5.41) is 0. The molecule has 1 aromatic carbocycles. The lowest BCUT2D eigenvalue weighted by atomic mass is 10.1. The van der Waals surface area contributed by atoms with Gasteiger partial charge in [-0.25, -0.2) is 4.39 Å². The fourth-order valence-corrected chi connectivity index (χ4v) is 2.95. The number of aromatic nitrogens is 2. The average molecular weight is 315 g/mol. The number of hydrogen-bond acceptors (Lipinski definition) is 4. The van der Waals surface area contributed by atoms with Crippen molar-refractivity contribution in [2.45, 2.75) is 25.3 Å². The van der Waals surface area contributed by atoms with Gasteiger partial charge in [0.25, 0.3) is 0 Å². The molecule has 0 bridgehead atoms. The van der Waals surface area contributed by atoms with E-state index in [9.17, 15) is 9.18 Å². The molecule has 6 heteroatoms. The maximum absolute atomic E-state index is 13.8. The van der Waals surface area contributed by atoms with Gasteiger partial charge in [0.05, 0.1) is 31.5 Å². The summed E-state index contributed by atoms with van der Waals surface area (Å²) in [4.78, 5) is 22.8. The number of methoxy groups -OCH3 is 1. The minimum atomic E-state index is -0.454. The highest BCUT2D eigenvalue weighted by molar-refractivity contribution is 5.79. The van der Waals surface area contributed by atoms with Crippen LogP contribution in [0.5, 0.6) is 5.75 Å². The molecule has 1 aliphatic heterocycles. The molecule has 1 atom stereocenters. The van der Waals surface area contributed by atoms with Crippen LogP contribution in [0, 0.1) is 5.82 Å². The fourth-order valence-electron chi connectivity index (χ4n) is 2.95. The van der Waals surface area contributed by atoms with E-state index in [1.165, 1.54) is 13.2 Å². The normalized spacial score (nSPS) is 17.3. The topological polar surface area (TPSA) is 55.3 Å². The Hall–Kier alpha value is -2.50. The summed E-state index contributed by atoms with van der Waals surface area (Å²) < 4.78 is 18.6. The molecule has 1 fully saturated rings. The Labute approximate surface area is 134 Å². The molecule has 1 amide bonds. The molecule has 2 heterocycles. The van der Waals surface area contributed by atoms with Gasteiger partial charge in [0.2, 0.25) is 5.91 Å². The van der Waals surface area contributed by atoms with Crippen LogP contribution in [0.15, 0.2) is 36.8 Å². The second-order valence-corrected chi connectivity index (χ2v) is 5.52. The number of hydrogen-bond donors (Lipinski definition) is 0. The number of nitrogens with zero attached hydrogens (tertiary/aromatic N) is 3. The number of halogens is 1. The number of likely N-dealkylation sites (tertiary alicyclic amines) is 1. The lowest BCUT2D eigenvalue weighted by Gasteiger charge is -2.24. The molecule has 2 aromatic rings. The molecule has 1 saturated heterocycles. The van der Waals surface area contributed by atoms with E-state index in [1.807, 2.05) is 4.90 Å². The zero-order valence-electron chi connectivity index (χ0n) is 12.9. The van der Waals surface area contributed by atoms with E-state index in [-0.39, 0.29) is 24.1 Å². The molecule has 23 heavy (non-hydrogen) atoms. The third kappa shape index (κ3) is 3.31. The van der Waals surface area contributed by atoms with Gasteiger partial charge in [0.1, 0.15) is 0 Å². The van der Waals surface area contributed by atoms with E-state index in [4.69, 9.17) is 4.74 Å². The highest BCUT2D eigenvalue weighted by Gasteiger charge is 2.30. The molecule has 0 unspecified atom stereocenters. The summed E-state index contributed by atoms with van der Waals surface area (Å²) >= 11 is 0. The SMILES string of the molecule is COc1ccc(CC(=O)N2CCC[C@H]2c2cnccn2)cc1F. The van der Waals surface area contributed by atoms with Crippen LogP contribution in [0.4, 0.5) is 4.39 Å². The van der Waals surface area contributed by atoms with Crippen molar-refractivity contribution < 1.29 is 13.9 Å². The molecule has 120 valence electrons. The van der Waals surface area contributed by atoms with Gasteiger partial charge >= 0.3 is 0 Å². The summed E-state index contributed by atoms with van der Waals surface area (Å²) in [6.07, 6.45) is 6.92. The Balaban J connectivity index is 1.73. The van der Waals surface area contributed by atoms with Crippen LogP contribution in [0.2, 0.25) is 0 Å². The van der Waals surface area contributed by atoms with E-state index >= 15 is 0 Å². The third-order valence-electron chi connectivity index (χ3n) is 4.07. The Morgan fingerprint density at radius 2 is 2.30 bits per heavy atom. The maximum Gasteiger partial charge on any atom is 0.227 e. The van der Waals surface area contributed by atoms with Crippen molar-refractivity contribution in [3.8, 4) is 5.75 Å². The Morgan fingerprint density at radius 3 is 3.00 bits per heavy atom. The van der Waals surface area contributed by atoms with Crippen molar-refractivity contribution in [1.29, 1.82) is 0 Å². The number of amides is 1. The van der Waals surface area contributed by atoms with Gasteiger partial charge in [0, 0.05) is 18.9 Å². The molecule has 0 spiro atoms. The molecule has 3 rings (SSSR count). The number of ether oxygens (including phenoxy) is 1.